The van der Waals surface area contributed by atoms with E-state index in [0.717, 1.165) is 25.8 Å². The molecular formula is C15H19N3. The molecule has 0 aliphatic carbocycles. The summed E-state index contributed by atoms with van der Waals surface area (Å²) in [5.41, 5.74) is 5.20. The Balaban J connectivity index is 2.17. The van der Waals surface area contributed by atoms with Crippen molar-refractivity contribution in [1.29, 1.82) is 0 Å². The monoisotopic (exact) mass is 241 g/mol. The van der Waals surface area contributed by atoms with E-state index in [2.05, 4.69) is 48.1 Å². The summed E-state index contributed by atoms with van der Waals surface area (Å²) < 4.78 is 2.10. The first-order chi connectivity index (χ1) is 8.85. The van der Waals surface area contributed by atoms with Gasteiger partial charge < -0.3 is 5.32 Å². The summed E-state index contributed by atoms with van der Waals surface area (Å²) in [5, 5.41) is 8.26. The van der Waals surface area contributed by atoms with Gasteiger partial charge in [0.25, 0.3) is 0 Å². The van der Waals surface area contributed by atoms with E-state index in [-0.39, 0.29) is 0 Å². The van der Waals surface area contributed by atoms with Gasteiger partial charge in [-0.3, -0.25) is 0 Å². The number of hydrogen-bond donors (Lipinski definition) is 1. The second kappa shape index (κ2) is 4.48. The molecule has 94 valence electrons. The van der Waals surface area contributed by atoms with Crippen molar-refractivity contribution in [2.45, 2.75) is 33.1 Å². The number of aryl methyl sites for hydroxylation is 2. The Labute approximate surface area is 108 Å². The molecule has 18 heavy (non-hydrogen) atoms. The van der Waals surface area contributed by atoms with Crippen LogP contribution in [0, 0.1) is 0 Å². The maximum atomic E-state index is 4.78. The van der Waals surface area contributed by atoms with Gasteiger partial charge in [0.1, 0.15) is 5.82 Å². The molecule has 0 bridgehead atoms. The molecule has 3 rings (SSSR count). The quantitative estimate of drug-likeness (QED) is 0.895. The van der Waals surface area contributed by atoms with Gasteiger partial charge in [0.15, 0.2) is 0 Å². The van der Waals surface area contributed by atoms with Crippen LogP contribution in [0.5, 0.6) is 0 Å². The minimum atomic E-state index is 1.01. The molecule has 2 heterocycles. The molecule has 3 heteroatoms. The third kappa shape index (κ3) is 1.62. The summed E-state index contributed by atoms with van der Waals surface area (Å²) >= 11 is 0. The highest BCUT2D eigenvalue weighted by Crippen LogP contribution is 2.30. The minimum Gasteiger partial charge on any atom is -0.369 e. The molecule has 2 aromatic rings. The molecule has 0 spiro atoms. The van der Waals surface area contributed by atoms with Crippen molar-refractivity contribution < 1.29 is 0 Å². The molecule has 0 unspecified atom stereocenters. The fraction of sp³-hybridized carbons (Fsp3) is 0.400. The molecule has 1 N–H and O–H groups in total. The molecule has 1 aromatic carbocycles. The minimum absolute atomic E-state index is 1.01. The number of aromatic nitrogens is 2. The zero-order valence-electron chi connectivity index (χ0n) is 11.0. The predicted molar refractivity (Wildman–Crippen MR) is 74.5 cm³/mol. The van der Waals surface area contributed by atoms with Crippen molar-refractivity contribution in [2.24, 2.45) is 0 Å². The van der Waals surface area contributed by atoms with Crippen LogP contribution in [-0.4, -0.2) is 16.3 Å². The zero-order valence-corrected chi connectivity index (χ0v) is 11.0. The second-order valence-corrected chi connectivity index (χ2v) is 4.70. The van der Waals surface area contributed by atoms with E-state index in [4.69, 9.17) is 5.10 Å². The molecule has 0 atom stereocenters. The molecule has 0 radical (unpaired) electrons. The Morgan fingerprint density at radius 2 is 2.06 bits per heavy atom. The summed E-state index contributed by atoms with van der Waals surface area (Å²) in [7, 11) is 0. The van der Waals surface area contributed by atoms with Crippen molar-refractivity contribution in [1.82, 2.24) is 9.78 Å². The van der Waals surface area contributed by atoms with E-state index >= 15 is 0 Å². The lowest BCUT2D eigenvalue weighted by Gasteiger charge is -2.10. The van der Waals surface area contributed by atoms with Crippen LogP contribution < -0.4 is 5.32 Å². The average molecular weight is 241 g/mol. The first-order valence-electron chi connectivity index (χ1n) is 6.78. The fourth-order valence-electron chi connectivity index (χ4n) is 2.72. The van der Waals surface area contributed by atoms with E-state index < -0.39 is 0 Å². The number of nitrogens with zero attached hydrogens (tertiary/aromatic N) is 2. The predicted octanol–water partition coefficient (Wildman–Crippen LogP) is 2.97. The van der Waals surface area contributed by atoms with Gasteiger partial charge in [0.05, 0.1) is 11.4 Å². The van der Waals surface area contributed by atoms with Crippen LogP contribution in [0.25, 0.3) is 5.69 Å². The van der Waals surface area contributed by atoms with Crippen molar-refractivity contribution in [3.63, 3.8) is 0 Å². The average Bonchev–Trinajstić information content (AvgIpc) is 3.00. The topological polar surface area (TPSA) is 29.9 Å². The Morgan fingerprint density at radius 1 is 1.22 bits per heavy atom. The van der Waals surface area contributed by atoms with Gasteiger partial charge in [-0.05, 0) is 30.9 Å². The van der Waals surface area contributed by atoms with Gasteiger partial charge in [-0.15, -0.1) is 0 Å². The summed E-state index contributed by atoms with van der Waals surface area (Å²) in [6.45, 7) is 5.40. The SMILES string of the molecule is CCc1ccccc1-n1nc(CC)c2c1NCC2. The van der Waals surface area contributed by atoms with Crippen LogP contribution >= 0.6 is 0 Å². The lowest BCUT2D eigenvalue weighted by atomic mass is 10.1. The Hall–Kier alpha value is -1.77. The molecule has 0 saturated carbocycles. The van der Waals surface area contributed by atoms with Crippen molar-refractivity contribution >= 4 is 5.82 Å². The smallest absolute Gasteiger partial charge is 0.133 e. The van der Waals surface area contributed by atoms with Gasteiger partial charge in [-0.25, -0.2) is 4.68 Å². The Bertz CT molecular complexity index is 569. The molecule has 1 aromatic heterocycles. The fourth-order valence-corrected chi connectivity index (χ4v) is 2.72. The number of hydrogen-bond acceptors (Lipinski definition) is 2. The normalized spacial score (nSPS) is 13.4. The summed E-state index contributed by atoms with van der Waals surface area (Å²) in [4.78, 5) is 0. The van der Waals surface area contributed by atoms with Gasteiger partial charge in [0, 0.05) is 12.1 Å². The molecule has 0 saturated heterocycles. The van der Waals surface area contributed by atoms with Crippen LogP contribution in [0.2, 0.25) is 0 Å². The highest BCUT2D eigenvalue weighted by atomic mass is 15.3. The summed E-state index contributed by atoms with van der Waals surface area (Å²) in [6.07, 6.45) is 3.14. The second-order valence-electron chi connectivity index (χ2n) is 4.70. The molecule has 1 aliphatic heterocycles. The maximum absolute atomic E-state index is 4.78. The molecule has 1 aliphatic rings. The third-order valence-electron chi connectivity index (χ3n) is 3.67. The van der Waals surface area contributed by atoms with Crippen LogP contribution in [0.4, 0.5) is 5.82 Å². The Kier molecular flexibility index (Phi) is 2.82. The van der Waals surface area contributed by atoms with Gasteiger partial charge in [-0.2, -0.15) is 5.10 Å². The van der Waals surface area contributed by atoms with Gasteiger partial charge >= 0.3 is 0 Å². The largest absolute Gasteiger partial charge is 0.369 e. The lowest BCUT2D eigenvalue weighted by molar-refractivity contribution is 0.822. The van der Waals surface area contributed by atoms with Crippen molar-refractivity contribution in [2.75, 3.05) is 11.9 Å². The number of anilines is 1. The summed E-state index contributed by atoms with van der Waals surface area (Å²) in [5.74, 6) is 1.20. The standard InChI is InChI=1S/C15H19N3/c1-3-11-7-5-6-8-14(11)18-15-12(9-10-16-15)13(4-2)17-18/h5-8,16H,3-4,9-10H2,1-2H3. The lowest BCUT2D eigenvalue weighted by Crippen LogP contribution is -2.06. The van der Waals surface area contributed by atoms with E-state index in [9.17, 15) is 0 Å². The summed E-state index contributed by atoms with van der Waals surface area (Å²) in [6, 6.07) is 8.53. The molecular weight excluding hydrogens is 222 g/mol. The maximum Gasteiger partial charge on any atom is 0.133 e. The van der Waals surface area contributed by atoms with Gasteiger partial charge in [0.2, 0.25) is 0 Å². The van der Waals surface area contributed by atoms with Crippen molar-refractivity contribution in [3.8, 4) is 5.69 Å². The number of nitrogens with one attached hydrogen (secondary N) is 1. The molecule has 0 fully saturated rings. The van der Waals surface area contributed by atoms with E-state index in [0.29, 0.717) is 0 Å². The van der Waals surface area contributed by atoms with Crippen LogP contribution in [0.15, 0.2) is 24.3 Å². The highest BCUT2D eigenvalue weighted by molar-refractivity contribution is 5.58. The highest BCUT2D eigenvalue weighted by Gasteiger charge is 2.22. The van der Waals surface area contributed by atoms with Crippen LogP contribution in [0.3, 0.4) is 0 Å². The number of fused-ring (bicyclic) bond motifs is 1. The van der Waals surface area contributed by atoms with E-state index in [1.54, 1.807) is 0 Å². The van der Waals surface area contributed by atoms with Crippen LogP contribution in [0.1, 0.15) is 30.7 Å². The van der Waals surface area contributed by atoms with Gasteiger partial charge in [-0.1, -0.05) is 32.0 Å². The Morgan fingerprint density at radius 3 is 2.83 bits per heavy atom. The zero-order chi connectivity index (χ0) is 12.5. The number of rotatable bonds is 3. The third-order valence-corrected chi connectivity index (χ3v) is 3.67. The first kappa shape index (κ1) is 11.3. The van der Waals surface area contributed by atoms with E-state index in [1.807, 2.05) is 0 Å². The number of benzene rings is 1. The first-order valence-corrected chi connectivity index (χ1v) is 6.78. The van der Waals surface area contributed by atoms with Crippen LogP contribution in [-0.2, 0) is 19.3 Å². The van der Waals surface area contributed by atoms with Crippen molar-refractivity contribution in [3.05, 3.63) is 41.1 Å². The molecule has 0 amide bonds. The molecule has 3 nitrogen and oxygen atoms in total. The number of para-hydroxylation sites is 1. The van der Waals surface area contributed by atoms with E-state index in [1.165, 1.54) is 28.3 Å².